The van der Waals surface area contributed by atoms with E-state index in [1.165, 1.54) is 0 Å². The number of aromatic hydroxyl groups is 1. The minimum Gasteiger partial charge on any atom is -0.507 e. The molecule has 7 heteroatoms. The van der Waals surface area contributed by atoms with Crippen LogP contribution in [0.25, 0.3) is 6.08 Å². The zero-order chi connectivity index (χ0) is 27.7. The number of aliphatic hydroxyl groups excluding tert-OH is 1. The van der Waals surface area contributed by atoms with Gasteiger partial charge >= 0.3 is 5.97 Å². The molecule has 3 rings (SSSR count). The van der Waals surface area contributed by atoms with Crippen LogP contribution in [0, 0.1) is 6.92 Å². The molecular weight excluding hydrogens is 486 g/mol. The summed E-state index contributed by atoms with van der Waals surface area (Å²) in [5, 5.41) is 22.2. The lowest BCUT2D eigenvalue weighted by atomic mass is 9.78. The van der Waals surface area contributed by atoms with Crippen molar-refractivity contribution in [1.29, 1.82) is 0 Å². The number of carbonyl (C=O) groups excluding carboxylic acids is 2. The van der Waals surface area contributed by atoms with Crippen molar-refractivity contribution in [2.75, 3.05) is 6.61 Å². The van der Waals surface area contributed by atoms with Crippen LogP contribution in [0.4, 0.5) is 0 Å². The lowest BCUT2D eigenvalue weighted by Gasteiger charge is -2.28. The van der Waals surface area contributed by atoms with Crippen LogP contribution < -0.4 is 0 Å². The maximum Gasteiger partial charge on any atom is 0.344 e. The van der Waals surface area contributed by atoms with Gasteiger partial charge in [-0.25, -0.2) is 9.79 Å². The Kier molecular flexibility index (Phi) is 8.08. The summed E-state index contributed by atoms with van der Waals surface area (Å²) in [6, 6.07) is 10.7. The third-order valence-electron chi connectivity index (χ3n) is 5.92. The number of thioether (sulfide) groups is 1. The van der Waals surface area contributed by atoms with Gasteiger partial charge in [-0.05, 0) is 60.6 Å². The fourth-order valence-electron chi connectivity index (χ4n) is 3.88. The van der Waals surface area contributed by atoms with Gasteiger partial charge in [0.05, 0.1) is 11.5 Å². The molecule has 37 heavy (non-hydrogen) atoms. The number of phenols is 1. The highest BCUT2D eigenvalue weighted by Gasteiger charge is 2.34. The van der Waals surface area contributed by atoms with Crippen LogP contribution in [-0.4, -0.2) is 33.7 Å². The zero-order valence-electron chi connectivity index (χ0n) is 22.7. The van der Waals surface area contributed by atoms with E-state index in [0.717, 1.165) is 34.0 Å². The Balaban J connectivity index is 2.15. The maximum atomic E-state index is 12.9. The van der Waals surface area contributed by atoms with E-state index >= 15 is 0 Å². The van der Waals surface area contributed by atoms with Crippen LogP contribution >= 0.6 is 11.8 Å². The number of amides is 1. The van der Waals surface area contributed by atoms with Gasteiger partial charge in [0.25, 0.3) is 5.91 Å². The van der Waals surface area contributed by atoms with Gasteiger partial charge in [0, 0.05) is 16.7 Å². The third-order valence-corrected chi connectivity index (χ3v) is 6.94. The van der Waals surface area contributed by atoms with Crippen molar-refractivity contribution >= 4 is 34.8 Å². The summed E-state index contributed by atoms with van der Waals surface area (Å²) in [7, 11) is 0. The van der Waals surface area contributed by atoms with E-state index in [2.05, 4.69) is 4.99 Å². The molecule has 0 atom stereocenters. The summed E-state index contributed by atoms with van der Waals surface area (Å²) in [4.78, 5) is 30.1. The Morgan fingerprint density at radius 2 is 1.51 bits per heavy atom. The Labute approximate surface area is 223 Å². The Hall–Kier alpha value is -3.32. The lowest BCUT2D eigenvalue weighted by Crippen LogP contribution is -2.17. The monoisotopic (exact) mass is 521 g/mol. The predicted molar refractivity (Wildman–Crippen MR) is 150 cm³/mol. The molecule has 0 spiro atoms. The molecule has 0 bridgehead atoms. The Bertz CT molecular complexity index is 1280. The topological polar surface area (TPSA) is 96.2 Å². The number of aryl methyl sites for hydroxylation is 1. The van der Waals surface area contributed by atoms with Gasteiger partial charge in [-0.15, -0.1) is 0 Å². The summed E-state index contributed by atoms with van der Waals surface area (Å²) in [5.74, 6) is -1.31. The lowest BCUT2D eigenvalue weighted by molar-refractivity contribution is -0.138. The molecule has 1 aliphatic rings. The molecule has 1 amide bonds. The average molecular weight is 522 g/mol. The van der Waals surface area contributed by atoms with Crippen LogP contribution in [-0.2, 0) is 20.4 Å². The number of aliphatic imine (C=N–C) groups is 1. The van der Waals surface area contributed by atoms with Crippen LogP contribution in [0.2, 0.25) is 0 Å². The number of phenolic OH excluding ortho intramolecular Hbond substituents is 1. The number of hydrogen-bond donors (Lipinski definition) is 2. The summed E-state index contributed by atoms with van der Waals surface area (Å²) in [5.41, 5.74) is 2.87. The standard InChI is InChI=1S/C30H35NO5S/c1-9-36-28(35)23-25(33)22(37-27(23)31-26(34)19-12-10-17(2)11-13-19)16-18-14-20(29(3,4)5)24(32)21(15-18)30(6,7)8/h10-16,32-33H,9H2,1-8H3/b22-16-,31-27?. The number of carbonyl (C=O) groups is 2. The van der Waals surface area contributed by atoms with Gasteiger partial charge in [0.15, 0.2) is 0 Å². The highest BCUT2D eigenvalue weighted by atomic mass is 32.2. The minimum absolute atomic E-state index is 0.0821. The fourth-order valence-corrected chi connectivity index (χ4v) is 4.89. The SMILES string of the molecule is CCOC(=O)C1=C(O)/C(=C/c2cc(C(C)(C)C)c(O)c(C(C)(C)C)c2)SC1=NC(=O)c1ccc(C)cc1. The smallest absolute Gasteiger partial charge is 0.344 e. The summed E-state index contributed by atoms with van der Waals surface area (Å²) in [6.07, 6.45) is 1.74. The van der Waals surface area contributed by atoms with Crippen LogP contribution in [0.15, 0.2) is 57.6 Å². The fraction of sp³-hybridized carbons (Fsp3) is 0.367. The summed E-state index contributed by atoms with van der Waals surface area (Å²) >= 11 is 1.04. The molecule has 2 aromatic carbocycles. The molecule has 0 unspecified atom stereocenters. The minimum atomic E-state index is -0.747. The summed E-state index contributed by atoms with van der Waals surface area (Å²) < 4.78 is 5.15. The highest BCUT2D eigenvalue weighted by Crippen LogP contribution is 2.43. The van der Waals surface area contributed by atoms with E-state index < -0.39 is 11.9 Å². The molecule has 1 aliphatic heterocycles. The first-order valence-electron chi connectivity index (χ1n) is 12.2. The van der Waals surface area contributed by atoms with Gasteiger partial charge < -0.3 is 14.9 Å². The van der Waals surface area contributed by atoms with Gasteiger partial charge in [-0.1, -0.05) is 71.0 Å². The second-order valence-electron chi connectivity index (χ2n) is 11.1. The second kappa shape index (κ2) is 10.6. The van der Waals surface area contributed by atoms with Gasteiger partial charge in [-0.3, -0.25) is 4.79 Å². The van der Waals surface area contributed by atoms with E-state index in [4.69, 9.17) is 4.74 Å². The number of esters is 1. The van der Waals surface area contributed by atoms with Crippen molar-refractivity contribution in [1.82, 2.24) is 0 Å². The molecule has 2 N–H and O–H groups in total. The van der Waals surface area contributed by atoms with Crippen molar-refractivity contribution < 1.29 is 24.5 Å². The first-order valence-corrected chi connectivity index (χ1v) is 13.0. The second-order valence-corrected chi connectivity index (χ2v) is 12.1. The van der Waals surface area contributed by atoms with E-state index in [1.54, 1.807) is 25.1 Å². The van der Waals surface area contributed by atoms with Crippen molar-refractivity contribution in [2.24, 2.45) is 4.99 Å². The van der Waals surface area contributed by atoms with Gasteiger partial charge in [0.1, 0.15) is 22.1 Å². The van der Waals surface area contributed by atoms with Crippen molar-refractivity contribution in [3.63, 3.8) is 0 Å². The van der Waals surface area contributed by atoms with E-state index in [1.807, 2.05) is 72.7 Å². The Morgan fingerprint density at radius 1 is 0.973 bits per heavy atom. The number of nitrogens with zero attached hydrogens (tertiary/aromatic N) is 1. The molecule has 196 valence electrons. The van der Waals surface area contributed by atoms with E-state index in [0.29, 0.717) is 10.5 Å². The number of benzene rings is 2. The molecule has 1 heterocycles. The number of hydrogen-bond acceptors (Lipinski definition) is 6. The maximum absolute atomic E-state index is 12.9. The molecular formula is C30H35NO5S. The molecule has 0 radical (unpaired) electrons. The normalized spacial score (nSPS) is 16.5. The first-order chi connectivity index (χ1) is 17.1. The van der Waals surface area contributed by atoms with Gasteiger partial charge in [-0.2, -0.15) is 0 Å². The largest absolute Gasteiger partial charge is 0.507 e. The first kappa shape index (κ1) is 28.3. The van der Waals surface area contributed by atoms with Crippen molar-refractivity contribution in [3.05, 3.63) is 80.5 Å². The zero-order valence-corrected chi connectivity index (χ0v) is 23.5. The number of aliphatic hydroxyl groups is 1. The molecule has 0 saturated carbocycles. The third kappa shape index (κ3) is 6.34. The summed E-state index contributed by atoms with van der Waals surface area (Å²) in [6.45, 7) is 15.8. The molecule has 0 aliphatic carbocycles. The number of rotatable bonds is 4. The number of ether oxygens (including phenoxy) is 1. The van der Waals surface area contributed by atoms with E-state index in [9.17, 15) is 19.8 Å². The molecule has 6 nitrogen and oxygen atoms in total. The van der Waals surface area contributed by atoms with Crippen molar-refractivity contribution in [2.45, 2.75) is 66.2 Å². The average Bonchev–Trinajstić information content (AvgIpc) is 3.08. The Morgan fingerprint density at radius 3 is 2.00 bits per heavy atom. The van der Waals surface area contributed by atoms with Crippen molar-refractivity contribution in [3.8, 4) is 5.75 Å². The molecule has 0 aromatic heterocycles. The van der Waals surface area contributed by atoms with E-state index in [-0.39, 0.29) is 39.6 Å². The van der Waals surface area contributed by atoms with Crippen LogP contribution in [0.5, 0.6) is 5.75 Å². The molecule has 0 fully saturated rings. The van der Waals surface area contributed by atoms with Crippen LogP contribution in [0.3, 0.4) is 0 Å². The predicted octanol–water partition coefficient (Wildman–Crippen LogP) is 7.00. The van der Waals surface area contributed by atoms with Gasteiger partial charge in [0.2, 0.25) is 0 Å². The molecule has 2 aromatic rings. The quantitative estimate of drug-likeness (QED) is 0.421. The molecule has 0 saturated heterocycles. The highest BCUT2D eigenvalue weighted by molar-refractivity contribution is 8.18. The van der Waals surface area contributed by atoms with Crippen LogP contribution in [0.1, 0.15) is 81.1 Å².